The van der Waals surface area contributed by atoms with Crippen molar-refractivity contribution in [2.75, 3.05) is 0 Å². The molecular formula is C18H23NaO2. The van der Waals surface area contributed by atoms with Crippen LogP contribution in [0.1, 0.15) is 31.9 Å². The molecule has 2 rings (SSSR count). The second-order valence-electron chi connectivity index (χ2n) is 5.75. The molecule has 0 saturated carbocycles. The molecule has 0 heterocycles. The molecule has 0 aliphatic heterocycles. The van der Waals surface area contributed by atoms with Crippen LogP contribution >= 0.6 is 0 Å². The quantitative estimate of drug-likeness (QED) is 0.781. The maximum atomic E-state index is 10.1. The van der Waals surface area contributed by atoms with E-state index in [0.29, 0.717) is 0 Å². The monoisotopic (exact) mass is 294 g/mol. The summed E-state index contributed by atoms with van der Waals surface area (Å²) in [6.45, 7) is 8.99. The van der Waals surface area contributed by atoms with Gasteiger partial charge in [0.1, 0.15) is 11.5 Å². The summed E-state index contributed by atoms with van der Waals surface area (Å²) in [6, 6.07) is 16.1. The summed E-state index contributed by atoms with van der Waals surface area (Å²) < 4.78 is 5.84. The topological polar surface area (TPSA) is 32.3 Å². The molecular weight excluding hydrogens is 271 g/mol. The van der Waals surface area contributed by atoms with Crippen molar-refractivity contribution in [2.24, 2.45) is 0 Å². The molecule has 0 radical (unpaired) electrons. The molecule has 0 amide bonds. The van der Waals surface area contributed by atoms with Gasteiger partial charge in [0.2, 0.25) is 0 Å². The zero-order chi connectivity index (χ0) is 15.2. The van der Waals surface area contributed by atoms with Gasteiger partial charge in [0.15, 0.2) is 0 Å². The molecule has 0 atom stereocenters. The summed E-state index contributed by atoms with van der Waals surface area (Å²) in [6.07, 6.45) is 0. The van der Waals surface area contributed by atoms with E-state index < -0.39 is 5.60 Å². The van der Waals surface area contributed by atoms with E-state index in [4.69, 9.17) is 4.74 Å². The van der Waals surface area contributed by atoms with Crippen molar-refractivity contribution < 1.29 is 39.4 Å². The van der Waals surface area contributed by atoms with E-state index >= 15 is 0 Å². The first-order chi connectivity index (χ1) is 9.27. The van der Waals surface area contributed by atoms with Crippen LogP contribution in [0.15, 0.2) is 48.5 Å². The first-order valence-electron chi connectivity index (χ1n) is 6.77. The third kappa shape index (κ3) is 8.94. The van der Waals surface area contributed by atoms with Crippen molar-refractivity contribution in [1.29, 1.82) is 0 Å². The van der Waals surface area contributed by atoms with Crippen molar-refractivity contribution in [1.82, 2.24) is 0 Å². The summed E-state index contributed by atoms with van der Waals surface area (Å²) in [5, 5.41) is 10.1. The Labute approximate surface area is 150 Å². The van der Waals surface area contributed by atoms with Crippen molar-refractivity contribution in [3.63, 3.8) is 0 Å². The molecule has 0 aromatic heterocycles. The van der Waals surface area contributed by atoms with Crippen LogP contribution in [0.4, 0.5) is 0 Å². The zero-order valence-electron chi connectivity index (χ0n) is 13.9. The van der Waals surface area contributed by atoms with Crippen molar-refractivity contribution in [3.8, 4) is 11.5 Å². The molecule has 2 nitrogen and oxygen atoms in total. The Bertz CT molecular complexity index is 495. The maximum Gasteiger partial charge on any atom is 1.00 e. The zero-order valence-corrected chi connectivity index (χ0v) is 15.9. The van der Waals surface area contributed by atoms with Crippen LogP contribution in [0.25, 0.3) is 0 Å². The first-order valence-corrected chi connectivity index (χ1v) is 6.77. The molecule has 0 N–H and O–H groups in total. The average Bonchev–Trinajstić information content (AvgIpc) is 2.33. The predicted octanol–water partition coefficient (Wildman–Crippen LogP) is 1.24. The average molecular weight is 294 g/mol. The number of ether oxygens (including phenoxy) is 1. The third-order valence-corrected chi connectivity index (χ3v) is 2.41. The fourth-order valence-electron chi connectivity index (χ4n) is 1.46. The Hall–Kier alpha value is -0.800. The molecule has 2 aromatic carbocycles. The van der Waals surface area contributed by atoms with E-state index in [9.17, 15) is 5.11 Å². The van der Waals surface area contributed by atoms with Gasteiger partial charge in [0, 0.05) is 0 Å². The number of rotatable bonds is 2. The number of hydrogen-bond acceptors (Lipinski definition) is 2. The van der Waals surface area contributed by atoms with Gasteiger partial charge in [0.05, 0.1) is 0 Å². The van der Waals surface area contributed by atoms with Gasteiger partial charge in [-0.25, -0.2) is 0 Å². The molecule has 2 aromatic rings. The maximum absolute atomic E-state index is 10.1. The van der Waals surface area contributed by atoms with E-state index in [1.807, 2.05) is 62.4 Å². The largest absolute Gasteiger partial charge is 1.00 e. The number of benzene rings is 2. The summed E-state index contributed by atoms with van der Waals surface area (Å²) >= 11 is 0. The Kier molecular flexibility index (Phi) is 8.91. The minimum atomic E-state index is -0.750. The van der Waals surface area contributed by atoms with E-state index in [-0.39, 0.29) is 29.6 Å². The number of hydrogen-bond donors (Lipinski definition) is 0. The van der Waals surface area contributed by atoms with E-state index in [2.05, 4.69) is 0 Å². The molecule has 108 valence electrons. The van der Waals surface area contributed by atoms with Crippen LogP contribution in [0, 0.1) is 13.8 Å². The fourth-order valence-corrected chi connectivity index (χ4v) is 1.46. The normalized spacial score (nSPS) is 10.0. The van der Waals surface area contributed by atoms with E-state index in [1.54, 1.807) is 20.8 Å². The van der Waals surface area contributed by atoms with Gasteiger partial charge in [-0.1, -0.05) is 57.2 Å². The Morgan fingerprint density at radius 1 is 0.762 bits per heavy atom. The summed E-state index contributed by atoms with van der Waals surface area (Å²) in [5.74, 6) is 1.85. The van der Waals surface area contributed by atoms with E-state index in [0.717, 1.165) is 22.6 Å². The molecule has 3 heteroatoms. The second-order valence-corrected chi connectivity index (χ2v) is 5.75. The molecule has 0 fully saturated rings. The molecule has 0 bridgehead atoms. The van der Waals surface area contributed by atoms with Crippen LogP contribution in [0.5, 0.6) is 11.5 Å². The van der Waals surface area contributed by atoms with Crippen molar-refractivity contribution >= 4 is 0 Å². The van der Waals surface area contributed by atoms with Gasteiger partial charge < -0.3 is 9.84 Å². The van der Waals surface area contributed by atoms with Crippen LogP contribution in [0.2, 0.25) is 0 Å². The van der Waals surface area contributed by atoms with Crippen LogP contribution in [-0.2, 0) is 0 Å². The van der Waals surface area contributed by atoms with Gasteiger partial charge in [-0.3, -0.25) is 0 Å². The SMILES string of the molecule is CC(C)(C)[O-].Cc1ccccc1Oc1ccccc1C.[Na+]. The van der Waals surface area contributed by atoms with Gasteiger partial charge in [-0.2, -0.15) is 0 Å². The molecule has 0 aliphatic rings. The second kappa shape index (κ2) is 9.26. The van der Waals surface area contributed by atoms with Gasteiger partial charge >= 0.3 is 29.6 Å². The van der Waals surface area contributed by atoms with E-state index in [1.165, 1.54) is 0 Å². The summed E-state index contributed by atoms with van der Waals surface area (Å²) in [4.78, 5) is 0. The number of para-hydroxylation sites is 2. The van der Waals surface area contributed by atoms with Gasteiger partial charge in [0.25, 0.3) is 0 Å². The minimum Gasteiger partial charge on any atom is -0.850 e. The third-order valence-electron chi connectivity index (χ3n) is 2.41. The fraction of sp³-hybridized carbons (Fsp3) is 0.333. The van der Waals surface area contributed by atoms with Crippen LogP contribution < -0.4 is 39.4 Å². The number of aryl methyl sites for hydroxylation is 2. The summed E-state index contributed by atoms with van der Waals surface area (Å²) in [7, 11) is 0. The van der Waals surface area contributed by atoms with Crippen LogP contribution in [0.3, 0.4) is 0 Å². The molecule has 0 unspecified atom stereocenters. The van der Waals surface area contributed by atoms with Crippen molar-refractivity contribution in [2.45, 2.75) is 40.2 Å². The first kappa shape index (κ1) is 20.2. The minimum absolute atomic E-state index is 0. The Morgan fingerprint density at radius 3 is 1.33 bits per heavy atom. The smallest absolute Gasteiger partial charge is 0.850 e. The van der Waals surface area contributed by atoms with Crippen molar-refractivity contribution in [3.05, 3.63) is 59.7 Å². The van der Waals surface area contributed by atoms with Gasteiger partial charge in [-0.05, 0) is 37.1 Å². The molecule has 0 spiro atoms. The van der Waals surface area contributed by atoms with Crippen LogP contribution in [-0.4, -0.2) is 5.60 Å². The standard InChI is InChI=1S/C14H14O.C4H9O.Na/c1-11-7-3-5-9-13(11)15-14-10-6-4-8-12(14)2;1-4(2,3)5;/h3-10H,1-2H3;1-3H3;/q;-1;+1. The molecule has 0 aliphatic carbocycles. The van der Waals surface area contributed by atoms with Gasteiger partial charge in [-0.15, -0.1) is 5.60 Å². The molecule has 21 heavy (non-hydrogen) atoms. The molecule has 0 saturated heterocycles. The Morgan fingerprint density at radius 2 is 1.05 bits per heavy atom. The predicted molar refractivity (Wildman–Crippen MR) is 82.2 cm³/mol. The summed E-state index contributed by atoms with van der Waals surface area (Å²) in [5.41, 5.74) is 1.56. The Balaban J connectivity index is 0.000000583.